The van der Waals surface area contributed by atoms with Crippen molar-refractivity contribution in [1.29, 1.82) is 0 Å². The monoisotopic (exact) mass is 248 g/mol. The van der Waals surface area contributed by atoms with Crippen molar-refractivity contribution in [2.45, 2.75) is 6.92 Å². The van der Waals surface area contributed by atoms with Crippen LogP contribution in [0.5, 0.6) is 0 Å². The molecular weight excluding hydrogens is 234 g/mol. The third-order valence-corrected chi connectivity index (χ3v) is 2.81. The highest BCUT2D eigenvalue weighted by atomic mass is 19.1. The van der Waals surface area contributed by atoms with Crippen LogP contribution in [-0.2, 0) is 0 Å². The molecule has 18 heavy (non-hydrogen) atoms. The zero-order valence-electron chi connectivity index (χ0n) is 10.2. The van der Waals surface area contributed by atoms with Crippen LogP contribution in [0.4, 0.5) is 25.8 Å². The molecule has 0 unspecified atom stereocenters. The first-order valence-corrected chi connectivity index (χ1v) is 5.54. The molecule has 0 aliphatic rings. The largest absolute Gasteiger partial charge is 0.397 e. The van der Waals surface area contributed by atoms with Crippen LogP contribution in [0.2, 0.25) is 0 Å². The van der Waals surface area contributed by atoms with Gasteiger partial charge in [0.2, 0.25) is 0 Å². The van der Waals surface area contributed by atoms with Crippen LogP contribution >= 0.6 is 0 Å². The first-order valence-electron chi connectivity index (χ1n) is 5.54. The molecule has 94 valence electrons. The highest BCUT2D eigenvalue weighted by Crippen LogP contribution is 2.31. The van der Waals surface area contributed by atoms with Gasteiger partial charge >= 0.3 is 0 Å². The van der Waals surface area contributed by atoms with Crippen LogP contribution in [0.3, 0.4) is 0 Å². The summed E-state index contributed by atoms with van der Waals surface area (Å²) in [6.07, 6.45) is 0. The van der Waals surface area contributed by atoms with E-state index in [9.17, 15) is 8.78 Å². The number of hydrogen-bond donors (Lipinski definition) is 1. The van der Waals surface area contributed by atoms with Gasteiger partial charge in [0.1, 0.15) is 11.6 Å². The number of aryl methyl sites for hydroxylation is 1. The number of hydrogen-bond acceptors (Lipinski definition) is 2. The van der Waals surface area contributed by atoms with E-state index in [1.807, 2.05) is 13.0 Å². The number of rotatable bonds is 2. The van der Waals surface area contributed by atoms with Crippen LogP contribution in [0, 0.1) is 18.6 Å². The van der Waals surface area contributed by atoms with E-state index in [0.717, 1.165) is 23.8 Å². The molecule has 2 rings (SSSR count). The van der Waals surface area contributed by atoms with Crippen molar-refractivity contribution < 1.29 is 8.78 Å². The molecule has 0 aromatic heterocycles. The lowest BCUT2D eigenvalue weighted by Crippen LogP contribution is -2.13. The molecule has 0 fully saturated rings. The lowest BCUT2D eigenvalue weighted by atomic mass is 10.1. The third-order valence-electron chi connectivity index (χ3n) is 2.81. The number of halogens is 2. The minimum absolute atomic E-state index is 0.158. The highest BCUT2D eigenvalue weighted by Gasteiger charge is 2.12. The Balaban J connectivity index is 2.47. The smallest absolute Gasteiger partial charge is 0.147 e. The minimum Gasteiger partial charge on any atom is -0.397 e. The Labute approximate surface area is 105 Å². The fraction of sp³-hybridized carbons (Fsp3) is 0.143. The number of benzene rings is 2. The number of nitrogen functional groups attached to an aromatic ring is 1. The van der Waals surface area contributed by atoms with Gasteiger partial charge in [-0.1, -0.05) is 6.07 Å². The topological polar surface area (TPSA) is 29.3 Å². The summed E-state index contributed by atoms with van der Waals surface area (Å²) in [5.74, 6) is -0.970. The molecule has 0 radical (unpaired) electrons. The Morgan fingerprint density at radius 1 is 1.00 bits per heavy atom. The van der Waals surface area contributed by atoms with Crippen LogP contribution in [0.15, 0.2) is 36.4 Å². The Morgan fingerprint density at radius 2 is 1.72 bits per heavy atom. The molecule has 0 amide bonds. The van der Waals surface area contributed by atoms with Crippen molar-refractivity contribution in [3.63, 3.8) is 0 Å². The molecule has 0 saturated carbocycles. The summed E-state index contributed by atoms with van der Waals surface area (Å²) in [5, 5.41) is 0. The fourth-order valence-electron chi connectivity index (χ4n) is 1.85. The van der Waals surface area contributed by atoms with Crippen molar-refractivity contribution in [2.75, 3.05) is 17.7 Å². The highest BCUT2D eigenvalue weighted by molar-refractivity contribution is 5.75. The van der Waals surface area contributed by atoms with Crippen LogP contribution in [-0.4, -0.2) is 7.05 Å². The zero-order valence-corrected chi connectivity index (χ0v) is 10.2. The summed E-state index contributed by atoms with van der Waals surface area (Å²) >= 11 is 0. The Morgan fingerprint density at radius 3 is 2.39 bits per heavy atom. The maximum atomic E-state index is 13.7. The molecule has 4 heteroatoms. The van der Waals surface area contributed by atoms with Crippen molar-refractivity contribution in [3.05, 3.63) is 53.6 Å². The van der Waals surface area contributed by atoms with Gasteiger partial charge in [0.15, 0.2) is 0 Å². The molecule has 0 saturated heterocycles. The van der Waals surface area contributed by atoms with E-state index in [-0.39, 0.29) is 5.69 Å². The number of nitrogens with zero attached hydrogens (tertiary/aromatic N) is 1. The normalized spacial score (nSPS) is 10.4. The van der Waals surface area contributed by atoms with E-state index in [1.165, 1.54) is 4.90 Å². The number of nitrogens with two attached hydrogens (primary N) is 1. The Hall–Kier alpha value is -2.10. The van der Waals surface area contributed by atoms with Gasteiger partial charge in [-0.3, -0.25) is 0 Å². The van der Waals surface area contributed by atoms with Crippen molar-refractivity contribution >= 4 is 17.1 Å². The van der Waals surface area contributed by atoms with Gasteiger partial charge in [-0.25, -0.2) is 8.78 Å². The van der Waals surface area contributed by atoms with E-state index in [0.29, 0.717) is 11.4 Å². The molecule has 2 N–H and O–H groups in total. The lowest BCUT2D eigenvalue weighted by Gasteiger charge is -2.22. The fourth-order valence-corrected chi connectivity index (χ4v) is 1.85. The summed E-state index contributed by atoms with van der Waals surface area (Å²) in [7, 11) is 1.65. The quantitative estimate of drug-likeness (QED) is 0.822. The molecule has 0 bridgehead atoms. The molecule has 0 spiro atoms. The van der Waals surface area contributed by atoms with Gasteiger partial charge in [-0.2, -0.15) is 0 Å². The maximum Gasteiger partial charge on any atom is 0.147 e. The first-order chi connectivity index (χ1) is 8.49. The molecule has 0 aliphatic carbocycles. The molecule has 0 atom stereocenters. The van der Waals surface area contributed by atoms with E-state index in [2.05, 4.69) is 0 Å². The lowest BCUT2D eigenvalue weighted by molar-refractivity contribution is 0.600. The summed E-state index contributed by atoms with van der Waals surface area (Å²) in [5.41, 5.74) is 8.24. The standard InChI is InChI=1S/C14H14F2N2/c1-9-3-6-13(12(17)7-9)18(2)14-8-10(15)4-5-11(14)16/h3-8H,17H2,1-2H3. The summed E-state index contributed by atoms with van der Waals surface area (Å²) in [4.78, 5) is 1.53. The van der Waals surface area contributed by atoms with E-state index in [4.69, 9.17) is 5.73 Å². The zero-order chi connectivity index (χ0) is 13.3. The van der Waals surface area contributed by atoms with Gasteiger partial charge in [0, 0.05) is 13.1 Å². The van der Waals surface area contributed by atoms with Crippen molar-refractivity contribution in [2.24, 2.45) is 0 Å². The van der Waals surface area contributed by atoms with Crippen molar-refractivity contribution in [1.82, 2.24) is 0 Å². The van der Waals surface area contributed by atoms with Crippen molar-refractivity contribution in [3.8, 4) is 0 Å². The van der Waals surface area contributed by atoms with E-state index < -0.39 is 11.6 Å². The second-order valence-corrected chi connectivity index (χ2v) is 4.22. The SMILES string of the molecule is Cc1ccc(N(C)c2cc(F)ccc2F)c(N)c1. The number of anilines is 3. The molecule has 2 aromatic carbocycles. The van der Waals surface area contributed by atoms with Gasteiger partial charge in [0.25, 0.3) is 0 Å². The second kappa shape index (κ2) is 4.64. The average Bonchev–Trinajstić information content (AvgIpc) is 2.31. The third kappa shape index (κ3) is 2.27. The summed E-state index contributed by atoms with van der Waals surface area (Å²) in [6, 6.07) is 8.79. The predicted molar refractivity (Wildman–Crippen MR) is 70.0 cm³/mol. The summed E-state index contributed by atoms with van der Waals surface area (Å²) < 4.78 is 26.8. The molecule has 2 nitrogen and oxygen atoms in total. The van der Waals surface area contributed by atoms with Crippen LogP contribution < -0.4 is 10.6 Å². The van der Waals surface area contributed by atoms with Gasteiger partial charge in [0.05, 0.1) is 17.1 Å². The van der Waals surface area contributed by atoms with Crippen LogP contribution in [0.1, 0.15) is 5.56 Å². The first kappa shape index (κ1) is 12.4. The second-order valence-electron chi connectivity index (χ2n) is 4.22. The van der Waals surface area contributed by atoms with Crippen LogP contribution in [0.25, 0.3) is 0 Å². The average molecular weight is 248 g/mol. The van der Waals surface area contributed by atoms with E-state index in [1.54, 1.807) is 19.2 Å². The summed E-state index contributed by atoms with van der Waals surface area (Å²) in [6.45, 7) is 1.92. The molecule has 2 aromatic rings. The predicted octanol–water partition coefficient (Wildman–Crippen LogP) is 3.62. The van der Waals surface area contributed by atoms with E-state index >= 15 is 0 Å². The minimum atomic E-state index is -0.487. The maximum absolute atomic E-state index is 13.7. The molecular formula is C14H14F2N2. The van der Waals surface area contributed by atoms with Gasteiger partial charge in [-0.15, -0.1) is 0 Å². The Kier molecular flexibility index (Phi) is 3.19. The van der Waals surface area contributed by atoms with Gasteiger partial charge < -0.3 is 10.6 Å². The molecule has 0 heterocycles. The Bertz CT molecular complexity index is 582. The molecule has 0 aliphatic heterocycles. The van der Waals surface area contributed by atoms with Gasteiger partial charge in [-0.05, 0) is 36.8 Å².